The Hall–Kier alpha value is 0.520. The number of aliphatic hydroxyl groups is 1. The van der Waals surface area contributed by atoms with Crippen molar-refractivity contribution < 1.29 is 62.5 Å². The highest BCUT2D eigenvalue weighted by Crippen LogP contribution is 2.56. The molecule has 14 nitrogen and oxygen atoms in total. The minimum absolute atomic E-state index is 0.125. The molecule has 146 valence electrons. The van der Waals surface area contributed by atoms with Gasteiger partial charge < -0.3 is 44.3 Å². The fraction of sp³-hybridized carbons (Fsp3) is 1.00. The fourth-order valence-corrected chi connectivity index (χ4v) is 7.53. The van der Waals surface area contributed by atoms with Gasteiger partial charge in [-0.1, -0.05) is 0 Å². The summed E-state index contributed by atoms with van der Waals surface area (Å²) in [5.74, 6) is -4.95. The number of nitrogens with zero attached hydrogens (tertiary/aromatic N) is 1. The molecule has 0 heterocycles. The molecule has 0 fully saturated rings. The first kappa shape index (κ1) is 24.5. The van der Waals surface area contributed by atoms with Crippen molar-refractivity contribution >= 4 is 30.4 Å². The highest BCUT2D eigenvalue weighted by Gasteiger charge is 2.48. The van der Waals surface area contributed by atoms with Gasteiger partial charge in [0.15, 0.2) is 0 Å². The van der Waals surface area contributed by atoms with Crippen LogP contribution in [0.15, 0.2) is 0 Å². The van der Waals surface area contributed by atoms with E-state index >= 15 is 0 Å². The number of hydrogen-bond acceptors (Lipinski definition) is 6. The summed E-state index contributed by atoms with van der Waals surface area (Å²) >= 11 is 0. The van der Waals surface area contributed by atoms with Crippen LogP contribution in [0, 0.1) is 0 Å². The van der Waals surface area contributed by atoms with Gasteiger partial charge in [0.2, 0.25) is 0 Å². The Labute approximate surface area is 135 Å². The standard InChI is InChI=1S/C6H19NO13P4/c8-2-1-7(5(23(15,16)17)3-21(9,10)11)6(24(18,19)20)4-22(12,13)14/h5-6,8H,1-4H2,(H2,9,10,11)(H2,12,13,14)(H2,15,16,17)(H2,18,19,20). The molecular weight excluding hydrogens is 418 g/mol. The van der Waals surface area contributed by atoms with Crippen LogP contribution in [0.4, 0.5) is 0 Å². The van der Waals surface area contributed by atoms with Gasteiger partial charge in [-0.2, -0.15) is 0 Å². The van der Waals surface area contributed by atoms with Crippen molar-refractivity contribution in [3.63, 3.8) is 0 Å². The van der Waals surface area contributed by atoms with E-state index in [9.17, 15) is 37.8 Å². The van der Waals surface area contributed by atoms with Gasteiger partial charge in [0.25, 0.3) is 0 Å². The van der Waals surface area contributed by atoms with Crippen LogP contribution in [0.5, 0.6) is 0 Å². The number of rotatable bonds is 10. The van der Waals surface area contributed by atoms with Crippen molar-refractivity contribution in [2.75, 3.05) is 25.5 Å². The van der Waals surface area contributed by atoms with Crippen molar-refractivity contribution in [3.05, 3.63) is 0 Å². The minimum atomic E-state index is -5.42. The molecular formula is C6H19NO13P4. The van der Waals surface area contributed by atoms with Crippen molar-refractivity contribution in [2.45, 2.75) is 11.6 Å². The second kappa shape index (κ2) is 8.47. The smallest absolute Gasteiger partial charge is 0.343 e. The van der Waals surface area contributed by atoms with Crippen LogP contribution in [0.1, 0.15) is 0 Å². The maximum absolute atomic E-state index is 11.5. The molecule has 18 heteroatoms. The summed E-state index contributed by atoms with van der Waals surface area (Å²) in [6, 6.07) is 0. The van der Waals surface area contributed by atoms with Gasteiger partial charge in [-0.15, -0.1) is 0 Å². The van der Waals surface area contributed by atoms with E-state index in [-0.39, 0.29) is 4.90 Å². The zero-order chi connectivity index (χ0) is 19.6. The molecule has 0 aliphatic heterocycles. The van der Waals surface area contributed by atoms with Gasteiger partial charge in [0, 0.05) is 6.54 Å². The fourth-order valence-electron chi connectivity index (χ4n) is 1.85. The van der Waals surface area contributed by atoms with E-state index in [4.69, 9.17) is 24.7 Å². The van der Waals surface area contributed by atoms with E-state index in [2.05, 4.69) is 0 Å². The Kier molecular flexibility index (Phi) is 8.66. The molecule has 0 aromatic rings. The Morgan fingerprint density at radius 1 is 0.667 bits per heavy atom. The van der Waals surface area contributed by atoms with Crippen LogP contribution >= 0.6 is 30.4 Å². The molecule has 0 aliphatic rings. The van der Waals surface area contributed by atoms with Gasteiger partial charge in [-0.05, 0) is 0 Å². The summed E-state index contributed by atoms with van der Waals surface area (Å²) < 4.78 is 45.1. The molecule has 24 heavy (non-hydrogen) atoms. The third-order valence-electron chi connectivity index (χ3n) is 2.70. The lowest BCUT2D eigenvalue weighted by atomic mass is 10.5. The van der Waals surface area contributed by atoms with Crippen LogP contribution in [0.3, 0.4) is 0 Å². The summed E-state index contributed by atoms with van der Waals surface area (Å²) in [4.78, 5) is 72.8. The molecule has 0 aromatic carbocycles. The maximum Gasteiger partial charge on any atom is 0.343 e. The summed E-state index contributed by atoms with van der Waals surface area (Å²) in [5, 5.41) is 8.93. The van der Waals surface area contributed by atoms with Crippen molar-refractivity contribution in [3.8, 4) is 0 Å². The molecule has 0 saturated heterocycles. The predicted molar refractivity (Wildman–Crippen MR) is 79.3 cm³/mol. The van der Waals surface area contributed by atoms with Crippen LogP contribution in [-0.2, 0) is 18.3 Å². The SMILES string of the molecule is O=P(O)(O)CC(N(CCO)C(CP(=O)(O)O)P(=O)(O)O)P(=O)(O)O. The first-order valence-corrected chi connectivity index (χ1v) is 12.9. The summed E-state index contributed by atoms with van der Waals surface area (Å²) in [6.45, 7) is -1.87. The van der Waals surface area contributed by atoms with Gasteiger partial charge in [-0.25, -0.2) is 0 Å². The van der Waals surface area contributed by atoms with E-state index in [1.165, 1.54) is 0 Å². The highest BCUT2D eigenvalue weighted by molar-refractivity contribution is 7.57. The van der Waals surface area contributed by atoms with E-state index in [1.54, 1.807) is 0 Å². The van der Waals surface area contributed by atoms with E-state index in [0.29, 0.717) is 0 Å². The first-order valence-electron chi connectivity index (χ1n) is 5.94. The van der Waals surface area contributed by atoms with Gasteiger partial charge in [-0.3, -0.25) is 23.2 Å². The average molecular weight is 437 g/mol. The van der Waals surface area contributed by atoms with Crippen molar-refractivity contribution in [1.29, 1.82) is 0 Å². The largest absolute Gasteiger partial charge is 0.395 e. The second-order valence-corrected chi connectivity index (χ2v) is 11.7. The summed E-state index contributed by atoms with van der Waals surface area (Å²) in [6.07, 6.45) is -3.09. The first-order chi connectivity index (χ1) is 10.4. The Balaban J connectivity index is 6.14. The quantitative estimate of drug-likeness (QED) is 0.162. The lowest BCUT2D eigenvalue weighted by Crippen LogP contribution is -2.47. The lowest BCUT2D eigenvalue weighted by molar-refractivity contribution is 0.147. The van der Waals surface area contributed by atoms with Crippen LogP contribution in [0.2, 0.25) is 0 Å². The Morgan fingerprint density at radius 3 is 1.12 bits per heavy atom. The molecule has 9 N–H and O–H groups in total. The zero-order valence-electron chi connectivity index (χ0n) is 11.9. The van der Waals surface area contributed by atoms with Crippen LogP contribution < -0.4 is 0 Å². The van der Waals surface area contributed by atoms with E-state index in [0.717, 1.165) is 0 Å². The van der Waals surface area contributed by atoms with Crippen molar-refractivity contribution in [2.24, 2.45) is 0 Å². The van der Waals surface area contributed by atoms with Gasteiger partial charge in [0.1, 0.15) is 11.6 Å². The molecule has 0 bridgehead atoms. The average Bonchev–Trinajstić information content (AvgIpc) is 2.26. The van der Waals surface area contributed by atoms with Gasteiger partial charge >= 0.3 is 30.4 Å². The van der Waals surface area contributed by atoms with E-state index < -0.39 is 67.4 Å². The monoisotopic (exact) mass is 437 g/mol. The topological polar surface area (TPSA) is 254 Å². The molecule has 0 spiro atoms. The third kappa shape index (κ3) is 9.28. The molecule has 0 rings (SSSR count). The third-order valence-corrected chi connectivity index (χ3v) is 7.43. The normalized spacial score (nSPS) is 17.1. The summed E-state index contributed by atoms with van der Waals surface area (Å²) in [5.41, 5.74) is 0. The van der Waals surface area contributed by atoms with Crippen LogP contribution in [0.25, 0.3) is 0 Å². The lowest BCUT2D eigenvalue weighted by Gasteiger charge is -2.37. The Morgan fingerprint density at radius 2 is 0.958 bits per heavy atom. The molecule has 0 aromatic heterocycles. The predicted octanol–water partition coefficient (Wildman–Crippen LogP) is -2.36. The zero-order valence-corrected chi connectivity index (χ0v) is 15.5. The maximum atomic E-state index is 11.5. The highest BCUT2D eigenvalue weighted by atomic mass is 31.2. The molecule has 0 saturated carbocycles. The van der Waals surface area contributed by atoms with Crippen LogP contribution in [-0.4, -0.2) is 86.2 Å². The summed E-state index contributed by atoms with van der Waals surface area (Å²) in [7, 11) is -21.0. The van der Waals surface area contributed by atoms with E-state index in [1.807, 2.05) is 0 Å². The molecule has 2 atom stereocenters. The molecule has 0 aliphatic carbocycles. The van der Waals surface area contributed by atoms with Gasteiger partial charge in [0.05, 0.1) is 18.9 Å². The molecule has 0 amide bonds. The number of aliphatic hydroxyl groups excluding tert-OH is 1. The Bertz CT molecular complexity index is 548. The number of hydrogen-bond donors (Lipinski definition) is 9. The second-order valence-electron chi connectivity index (χ2n) is 4.80. The molecule has 2 unspecified atom stereocenters. The van der Waals surface area contributed by atoms with Crippen molar-refractivity contribution in [1.82, 2.24) is 4.90 Å². The molecule has 0 radical (unpaired) electrons. The minimum Gasteiger partial charge on any atom is -0.395 e.